The molecule has 0 atom stereocenters. The van der Waals surface area contributed by atoms with Crippen LogP contribution in [0.4, 0.5) is 0 Å². The predicted molar refractivity (Wildman–Crippen MR) is 102 cm³/mol. The van der Waals surface area contributed by atoms with Gasteiger partial charge in [0, 0.05) is 31.8 Å². The fraction of sp³-hybridized carbons (Fsp3) is 0.263. The number of hydrogen-bond acceptors (Lipinski definition) is 4. The van der Waals surface area contributed by atoms with E-state index in [1.807, 2.05) is 18.2 Å². The number of nitrogens with zero attached hydrogens (tertiary/aromatic N) is 1. The molecule has 7 heteroatoms. The highest BCUT2D eigenvalue weighted by atomic mass is 32.2. The maximum atomic E-state index is 12.1. The van der Waals surface area contributed by atoms with Gasteiger partial charge in [-0.15, -0.1) is 0 Å². The van der Waals surface area contributed by atoms with Gasteiger partial charge in [0.25, 0.3) is 5.91 Å². The summed E-state index contributed by atoms with van der Waals surface area (Å²) in [5, 5.41) is 2.60. The van der Waals surface area contributed by atoms with Gasteiger partial charge in [-0.1, -0.05) is 30.3 Å². The molecule has 6 nitrogen and oxygen atoms in total. The first-order valence-electron chi connectivity index (χ1n) is 8.10. The third-order valence-corrected chi connectivity index (χ3v) is 5.78. The van der Waals surface area contributed by atoms with Crippen LogP contribution in [0.2, 0.25) is 0 Å². The third kappa shape index (κ3) is 5.00. The summed E-state index contributed by atoms with van der Waals surface area (Å²) in [5.74, 6) is -0.486. The van der Waals surface area contributed by atoms with Crippen molar-refractivity contribution in [2.24, 2.45) is 0 Å². The van der Waals surface area contributed by atoms with Crippen LogP contribution in [0, 0.1) is 0 Å². The van der Waals surface area contributed by atoms with Crippen LogP contribution in [0.15, 0.2) is 48.5 Å². The zero-order chi connectivity index (χ0) is 19.3. The second-order valence-electron chi connectivity index (χ2n) is 6.07. The van der Waals surface area contributed by atoms with Gasteiger partial charge >= 0.3 is 0 Å². The molecule has 138 valence electrons. The molecule has 0 aliphatic heterocycles. The average Bonchev–Trinajstić information content (AvgIpc) is 2.61. The van der Waals surface area contributed by atoms with Crippen molar-refractivity contribution in [2.45, 2.75) is 6.92 Å². The molecule has 2 aromatic carbocycles. The molecule has 0 saturated carbocycles. The van der Waals surface area contributed by atoms with Crippen LogP contribution in [0.1, 0.15) is 27.6 Å². The molecule has 0 fully saturated rings. The minimum atomic E-state index is -3.34. The van der Waals surface area contributed by atoms with E-state index in [4.69, 9.17) is 0 Å². The van der Waals surface area contributed by atoms with Crippen LogP contribution in [0.3, 0.4) is 0 Å². The molecule has 0 unspecified atom stereocenters. The summed E-state index contributed by atoms with van der Waals surface area (Å²) in [6, 6.07) is 14.2. The number of carbonyl (C=O) groups excluding carboxylic acids is 2. The number of hydrogen-bond donors (Lipinski definition) is 1. The van der Waals surface area contributed by atoms with Crippen LogP contribution in [0.5, 0.6) is 0 Å². The number of carbonyl (C=O) groups is 2. The number of ketones is 1. The van der Waals surface area contributed by atoms with Crippen molar-refractivity contribution in [3.63, 3.8) is 0 Å². The summed E-state index contributed by atoms with van der Waals surface area (Å²) in [6.45, 7) is 1.56. The van der Waals surface area contributed by atoms with Gasteiger partial charge in [0.15, 0.2) is 5.78 Å². The minimum Gasteiger partial charge on any atom is -0.351 e. The smallest absolute Gasteiger partial charge is 0.251 e. The summed E-state index contributed by atoms with van der Waals surface area (Å²) >= 11 is 0. The van der Waals surface area contributed by atoms with E-state index in [1.165, 1.54) is 21.0 Å². The quantitative estimate of drug-likeness (QED) is 0.753. The van der Waals surface area contributed by atoms with E-state index in [1.54, 1.807) is 30.3 Å². The Morgan fingerprint density at radius 1 is 0.962 bits per heavy atom. The Balaban J connectivity index is 2.04. The molecular formula is C19H22N2O4S. The van der Waals surface area contributed by atoms with E-state index in [2.05, 4.69) is 5.32 Å². The Bertz CT molecular complexity index is 903. The number of Topliss-reactive ketones (excluding diaryl/α,β-unsaturated/α-hetero) is 1. The summed E-state index contributed by atoms with van der Waals surface area (Å²) < 4.78 is 24.5. The summed E-state index contributed by atoms with van der Waals surface area (Å²) in [4.78, 5) is 23.6. The first kappa shape index (κ1) is 19.8. The summed E-state index contributed by atoms with van der Waals surface area (Å²) in [6.07, 6.45) is 0. The maximum absolute atomic E-state index is 12.1. The number of sulfonamides is 1. The van der Waals surface area contributed by atoms with Crippen molar-refractivity contribution in [1.82, 2.24) is 9.62 Å². The average molecular weight is 374 g/mol. The lowest BCUT2D eigenvalue weighted by molar-refractivity contribution is 0.0955. The van der Waals surface area contributed by atoms with E-state index >= 15 is 0 Å². The molecule has 2 rings (SSSR count). The molecule has 1 N–H and O–H groups in total. The minimum absolute atomic E-state index is 0.00414. The Hall–Kier alpha value is -2.51. The lowest BCUT2D eigenvalue weighted by Crippen LogP contribution is -2.33. The fourth-order valence-electron chi connectivity index (χ4n) is 2.31. The molecule has 0 heterocycles. The van der Waals surface area contributed by atoms with Crippen molar-refractivity contribution >= 4 is 21.7 Å². The van der Waals surface area contributed by atoms with Gasteiger partial charge in [-0.05, 0) is 36.2 Å². The van der Waals surface area contributed by atoms with E-state index < -0.39 is 10.0 Å². The highest BCUT2D eigenvalue weighted by molar-refractivity contribution is 7.89. The summed E-state index contributed by atoms with van der Waals surface area (Å²) in [5.41, 5.74) is 2.85. The van der Waals surface area contributed by atoms with Crippen LogP contribution < -0.4 is 5.32 Å². The van der Waals surface area contributed by atoms with Gasteiger partial charge in [-0.3, -0.25) is 9.59 Å². The molecule has 0 aliphatic carbocycles. The molecule has 2 aromatic rings. The molecule has 0 spiro atoms. The standard InChI is InChI=1S/C19H22N2O4S/c1-14(22)17-5-4-6-18(13-17)15-7-9-16(10-8-15)19(23)20-11-12-26(24,25)21(2)3/h4-10,13H,11-12H2,1-3H3,(H,20,23). The van der Waals surface area contributed by atoms with Crippen molar-refractivity contribution < 1.29 is 18.0 Å². The van der Waals surface area contributed by atoms with Crippen LogP contribution >= 0.6 is 0 Å². The van der Waals surface area contributed by atoms with Gasteiger partial charge in [0.2, 0.25) is 10.0 Å². The Kier molecular flexibility index (Phi) is 6.28. The highest BCUT2D eigenvalue weighted by Gasteiger charge is 2.14. The molecule has 0 aromatic heterocycles. The van der Waals surface area contributed by atoms with Gasteiger partial charge < -0.3 is 5.32 Å². The van der Waals surface area contributed by atoms with Crippen LogP contribution in [0.25, 0.3) is 11.1 Å². The number of nitrogens with one attached hydrogen (secondary N) is 1. The molecular weight excluding hydrogens is 352 g/mol. The topological polar surface area (TPSA) is 83.5 Å². The van der Waals surface area contributed by atoms with E-state index in [-0.39, 0.29) is 24.0 Å². The van der Waals surface area contributed by atoms with Crippen LogP contribution in [-0.2, 0) is 10.0 Å². The van der Waals surface area contributed by atoms with E-state index in [0.717, 1.165) is 15.4 Å². The normalized spacial score (nSPS) is 11.4. The second-order valence-corrected chi connectivity index (χ2v) is 8.37. The Labute approximate surface area is 153 Å². The number of benzene rings is 2. The monoisotopic (exact) mass is 374 g/mol. The van der Waals surface area contributed by atoms with Gasteiger partial charge in [-0.25, -0.2) is 12.7 Å². The summed E-state index contributed by atoms with van der Waals surface area (Å²) in [7, 11) is -0.428. The first-order valence-corrected chi connectivity index (χ1v) is 9.71. The lowest BCUT2D eigenvalue weighted by Gasteiger charge is -2.11. The molecule has 0 bridgehead atoms. The number of amides is 1. The Morgan fingerprint density at radius 3 is 2.19 bits per heavy atom. The van der Waals surface area contributed by atoms with E-state index in [0.29, 0.717) is 11.1 Å². The Morgan fingerprint density at radius 2 is 1.62 bits per heavy atom. The molecule has 0 aliphatic rings. The molecule has 0 saturated heterocycles. The fourth-order valence-corrected chi connectivity index (χ4v) is 3.04. The molecule has 26 heavy (non-hydrogen) atoms. The first-order chi connectivity index (χ1) is 12.2. The van der Waals surface area contributed by atoms with Crippen molar-refractivity contribution in [3.8, 4) is 11.1 Å². The zero-order valence-corrected chi connectivity index (χ0v) is 15.8. The zero-order valence-electron chi connectivity index (χ0n) is 15.0. The molecule has 1 amide bonds. The largest absolute Gasteiger partial charge is 0.351 e. The second kappa shape index (κ2) is 8.25. The van der Waals surface area contributed by atoms with Gasteiger partial charge in [0.05, 0.1) is 5.75 Å². The van der Waals surface area contributed by atoms with E-state index in [9.17, 15) is 18.0 Å². The SMILES string of the molecule is CC(=O)c1cccc(-c2ccc(C(=O)NCCS(=O)(=O)N(C)C)cc2)c1. The van der Waals surface area contributed by atoms with Crippen molar-refractivity contribution in [3.05, 3.63) is 59.7 Å². The molecule has 0 radical (unpaired) electrons. The predicted octanol–water partition coefficient (Wildman–Crippen LogP) is 2.18. The highest BCUT2D eigenvalue weighted by Crippen LogP contribution is 2.21. The van der Waals surface area contributed by atoms with Crippen LogP contribution in [-0.4, -0.2) is 50.8 Å². The van der Waals surface area contributed by atoms with Gasteiger partial charge in [-0.2, -0.15) is 0 Å². The maximum Gasteiger partial charge on any atom is 0.251 e. The number of rotatable bonds is 7. The van der Waals surface area contributed by atoms with Crippen molar-refractivity contribution in [2.75, 3.05) is 26.4 Å². The van der Waals surface area contributed by atoms with Crippen molar-refractivity contribution in [1.29, 1.82) is 0 Å². The van der Waals surface area contributed by atoms with Gasteiger partial charge in [0.1, 0.15) is 0 Å². The third-order valence-electron chi connectivity index (χ3n) is 3.95. The lowest BCUT2D eigenvalue weighted by atomic mass is 10.0.